The average Bonchev–Trinajstić information content (AvgIpc) is 3.04. The Balaban J connectivity index is 1.89. The van der Waals surface area contributed by atoms with Gasteiger partial charge in [0.15, 0.2) is 0 Å². The number of thioether (sulfide) groups is 1. The molecule has 1 aromatic carbocycles. The van der Waals surface area contributed by atoms with E-state index in [1.165, 1.54) is 12.1 Å². The number of halogens is 1. The lowest BCUT2D eigenvalue weighted by Gasteiger charge is -2.21. The van der Waals surface area contributed by atoms with E-state index in [2.05, 4.69) is 0 Å². The number of hydrogen-bond donors (Lipinski definition) is 0. The van der Waals surface area contributed by atoms with Crippen molar-refractivity contribution in [1.29, 1.82) is 0 Å². The van der Waals surface area contributed by atoms with Crippen LogP contribution in [-0.2, 0) is 4.79 Å². The molecule has 1 fully saturated rings. The number of rotatable bonds is 3. The fourth-order valence-electron chi connectivity index (χ4n) is 2.43. The summed E-state index contributed by atoms with van der Waals surface area (Å²) in [5, 5.41) is 0.0716. The van der Waals surface area contributed by atoms with Gasteiger partial charge in [-0.15, -0.1) is 11.8 Å². The van der Waals surface area contributed by atoms with Crippen molar-refractivity contribution in [2.24, 2.45) is 0 Å². The highest BCUT2D eigenvalue weighted by Gasteiger charge is 2.31. The quantitative estimate of drug-likeness (QED) is 0.867. The van der Waals surface area contributed by atoms with E-state index >= 15 is 0 Å². The number of carbonyl (C=O) groups is 1. The highest BCUT2D eigenvalue weighted by molar-refractivity contribution is 8.00. The molecular weight excluding hydrogens is 275 g/mol. The molecule has 1 atom stereocenters. The van der Waals surface area contributed by atoms with Crippen molar-refractivity contribution in [3.8, 4) is 5.69 Å². The molecule has 2 heterocycles. The standard InChI is InChI=1S/C15H15FN2OS/c1-2-18-14(19)10-20-15(18)11-6-7-17(9-11)13-5-3-4-12(16)8-13/h3-9,15H,2,10H2,1H3/t15-/m1/s1. The van der Waals surface area contributed by atoms with Gasteiger partial charge in [-0.3, -0.25) is 4.79 Å². The van der Waals surface area contributed by atoms with Crippen LogP contribution >= 0.6 is 11.8 Å². The number of aromatic nitrogens is 1. The van der Waals surface area contributed by atoms with Gasteiger partial charge in [-0.1, -0.05) is 6.07 Å². The van der Waals surface area contributed by atoms with E-state index in [0.29, 0.717) is 12.3 Å². The third-order valence-corrected chi connectivity index (χ3v) is 4.67. The third kappa shape index (κ3) is 2.33. The molecule has 0 saturated carbocycles. The summed E-state index contributed by atoms with van der Waals surface area (Å²) in [6, 6.07) is 8.46. The van der Waals surface area contributed by atoms with E-state index in [9.17, 15) is 9.18 Å². The summed E-state index contributed by atoms with van der Waals surface area (Å²) in [6.45, 7) is 2.70. The molecule has 0 N–H and O–H groups in total. The van der Waals surface area contributed by atoms with Crippen molar-refractivity contribution in [1.82, 2.24) is 9.47 Å². The smallest absolute Gasteiger partial charge is 0.233 e. The molecule has 0 radical (unpaired) electrons. The van der Waals surface area contributed by atoms with E-state index in [1.54, 1.807) is 17.8 Å². The monoisotopic (exact) mass is 290 g/mol. The van der Waals surface area contributed by atoms with Gasteiger partial charge in [0.25, 0.3) is 0 Å². The minimum Gasteiger partial charge on any atom is -0.326 e. The lowest BCUT2D eigenvalue weighted by molar-refractivity contribution is -0.127. The van der Waals surface area contributed by atoms with Crippen molar-refractivity contribution >= 4 is 17.7 Å². The summed E-state index contributed by atoms with van der Waals surface area (Å²) in [7, 11) is 0. The highest BCUT2D eigenvalue weighted by atomic mass is 32.2. The van der Waals surface area contributed by atoms with Gasteiger partial charge < -0.3 is 9.47 Å². The third-order valence-electron chi connectivity index (χ3n) is 3.42. The van der Waals surface area contributed by atoms with Crippen LogP contribution in [0, 0.1) is 5.82 Å². The van der Waals surface area contributed by atoms with Gasteiger partial charge >= 0.3 is 0 Å². The maximum Gasteiger partial charge on any atom is 0.233 e. The maximum absolute atomic E-state index is 13.3. The summed E-state index contributed by atoms with van der Waals surface area (Å²) in [5.74, 6) is 0.461. The van der Waals surface area contributed by atoms with Crippen LogP contribution in [0.25, 0.3) is 5.69 Å². The Hall–Kier alpha value is -1.75. The van der Waals surface area contributed by atoms with Crippen molar-refractivity contribution in [3.63, 3.8) is 0 Å². The van der Waals surface area contributed by atoms with Crippen LogP contribution in [0.3, 0.4) is 0 Å². The minimum absolute atomic E-state index is 0.0716. The number of carbonyl (C=O) groups excluding carboxylic acids is 1. The van der Waals surface area contributed by atoms with Crippen molar-refractivity contribution in [2.45, 2.75) is 12.3 Å². The lowest BCUT2D eigenvalue weighted by atomic mass is 10.3. The largest absolute Gasteiger partial charge is 0.326 e. The molecule has 0 aliphatic carbocycles. The Morgan fingerprint density at radius 3 is 3.00 bits per heavy atom. The SMILES string of the molecule is CCN1C(=O)CS[C@@H]1c1ccn(-c2cccc(F)c2)c1. The van der Waals surface area contributed by atoms with Crippen LogP contribution in [-0.4, -0.2) is 27.7 Å². The van der Waals surface area contributed by atoms with Gasteiger partial charge in [-0.05, 0) is 31.2 Å². The number of benzene rings is 1. The van der Waals surface area contributed by atoms with Crippen LogP contribution in [0.1, 0.15) is 17.9 Å². The zero-order valence-electron chi connectivity index (χ0n) is 11.1. The number of amides is 1. The fraction of sp³-hybridized carbons (Fsp3) is 0.267. The second kappa shape index (κ2) is 5.32. The molecule has 0 bridgehead atoms. The Labute approximate surface area is 121 Å². The molecule has 104 valence electrons. The van der Waals surface area contributed by atoms with E-state index in [-0.39, 0.29) is 17.1 Å². The van der Waals surface area contributed by atoms with Crippen LogP contribution < -0.4 is 0 Å². The van der Waals surface area contributed by atoms with Crippen molar-refractivity contribution in [2.75, 3.05) is 12.3 Å². The first-order valence-electron chi connectivity index (χ1n) is 6.54. The molecule has 3 nitrogen and oxygen atoms in total. The number of hydrogen-bond acceptors (Lipinski definition) is 2. The molecule has 3 rings (SSSR count). The molecular formula is C15H15FN2OS. The molecule has 1 aliphatic heterocycles. The molecule has 0 spiro atoms. The first-order chi connectivity index (χ1) is 9.69. The van der Waals surface area contributed by atoms with Crippen molar-refractivity contribution < 1.29 is 9.18 Å². The molecule has 1 aromatic heterocycles. The Bertz CT molecular complexity index is 640. The molecule has 5 heteroatoms. The normalized spacial score (nSPS) is 18.8. The first kappa shape index (κ1) is 13.2. The number of nitrogens with zero attached hydrogens (tertiary/aromatic N) is 2. The molecule has 1 saturated heterocycles. The van der Waals surface area contributed by atoms with Crippen LogP contribution in [0.4, 0.5) is 4.39 Å². The maximum atomic E-state index is 13.3. The predicted molar refractivity (Wildman–Crippen MR) is 78.3 cm³/mol. The summed E-state index contributed by atoms with van der Waals surface area (Å²) in [5.41, 5.74) is 1.86. The van der Waals surface area contributed by atoms with E-state index in [1.807, 2.05) is 40.9 Å². The fourth-order valence-corrected chi connectivity index (χ4v) is 3.67. The molecule has 1 aliphatic rings. The Morgan fingerprint density at radius 2 is 2.25 bits per heavy atom. The second-order valence-corrected chi connectivity index (χ2v) is 5.74. The van der Waals surface area contributed by atoms with E-state index in [0.717, 1.165) is 11.3 Å². The topological polar surface area (TPSA) is 25.2 Å². The van der Waals surface area contributed by atoms with Gasteiger partial charge in [0.1, 0.15) is 11.2 Å². The van der Waals surface area contributed by atoms with Gasteiger partial charge in [-0.25, -0.2) is 4.39 Å². The van der Waals surface area contributed by atoms with E-state index < -0.39 is 0 Å². The molecule has 2 aromatic rings. The summed E-state index contributed by atoms with van der Waals surface area (Å²) in [4.78, 5) is 13.6. The van der Waals surface area contributed by atoms with E-state index in [4.69, 9.17) is 0 Å². The Kier molecular flexibility index (Phi) is 3.53. The van der Waals surface area contributed by atoms with Crippen LogP contribution in [0.2, 0.25) is 0 Å². The minimum atomic E-state index is -0.252. The molecule has 0 unspecified atom stereocenters. The summed E-state index contributed by atoms with van der Waals surface area (Å²) < 4.78 is 15.1. The zero-order chi connectivity index (χ0) is 14.1. The highest BCUT2D eigenvalue weighted by Crippen LogP contribution is 2.38. The zero-order valence-corrected chi connectivity index (χ0v) is 11.9. The van der Waals surface area contributed by atoms with Crippen molar-refractivity contribution in [3.05, 3.63) is 54.1 Å². The Morgan fingerprint density at radius 1 is 1.40 bits per heavy atom. The second-order valence-electron chi connectivity index (χ2n) is 4.68. The van der Waals surface area contributed by atoms with Gasteiger partial charge in [-0.2, -0.15) is 0 Å². The average molecular weight is 290 g/mol. The van der Waals surface area contributed by atoms with Gasteiger partial charge in [0, 0.05) is 30.2 Å². The van der Waals surface area contributed by atoms with Gasteiger partial charge in [0.05, 0.1) is 5.75 Å². The summed E-state index contributed by atoms with van der Waals surface area (Å²) >= 11 is 1.64. The molecule has 20 heavy (non-hydrogen) atoms. The first-order valence-corrected chi connectivity index (χ1v) is 7.59. The lowest BCUT2D eigenvalue weighted by Crippen LogP contribution is -2.27. The van der Waals surface area contributed by atoms with Gasteiger partial charge in [0.2, 0.25) is 5.91 Å². The molecule has 1 amide bonds. The predicted octanol–water partition coefficient (Wildman–Crippen LogP) is 3.21. The van der Waals surface area contributed by atoms with Crippen LogP contribution in [0.15, 0.2) is 42.7 Å². The van der Waals surface area contributed by atoms with Crippen LogP contribution in [0.5, 0.6) is 0 Å². The summed E-state index contributed by atoms with van der Waals surface area (Å²) in [6.07, 6.45) is 3.87.